The highest BCUT2D eigenvalue weighted by Gasteiger charge is 2.42. The van der Waals surface area contributed by atoms with Gasteiger partial charge in [-0.1, -0.05) is 6.92 Å². The van der Waals surface area contributed by atoms with Crippen molar-refractivity contribution in [2.75, 3.05) is 6.54 Å². The van der Waals surface area contributed by atoms with Gasteiger partial charge in [0, 0.05) is 18.6 Å². The Kier molecular flexibility index (Phi) is 3.34. The normalized spacial score (nSPS) is 36.0. The van der Waals surface area contributed by atoms with E-state index in [0.29, 0.717) is 24.5 Å². The highest BCUT2D eigenvalue weighted by molar-refractivity contribution is 5.67. The lowest BCUT2D eigenvalue weighted by Crippen LogP contribution is -2.61. The Morgan fingerprint density at radius 2 is 2.06 bits per heavy atom. The summed E-state index contributed by atoms with van der Waals surface area (Å²) in [5.41, 5.74) is -0.419. The lowest BCUT2D eigenvalue weighted by molar-refractivity contribution is 0.0392. The monoisotopic (exact) mass is 240 g/mol. The van der Waals surface area contributed by atoms with Crippen LogP contribution in [0.2, 0.25) is 0 Å². The van der Waals surface area contributed by atoms with Crippen LogP contribution in [0.4, 0.5) is 4.79 Å². The van der Waals surface area contributed by atoms with E-state index in [1.165, 1.54) is 12.8 Å². The van der Waals surface area contributed by atoms with E-state index in [1.807, 2.05) is 20.8 Å². The van der Waals surface area contributed by atoms with Crippen LogP contribution in [0.1, 0.15) is 40.5 Å². The van der Waals surface area contributed by atoms with Crippen LogP contribution in [0.25, 0.3) is 0 Å². The van der Waals surface area contributed by atoms with Gasteiger partial charge in [0.1, 0.15) is 5.60 Å². The van der Waals surface area contributed by atoms with Crippen LogP contribution in [0.5, 0.6) is 0 Å². The molecule has 1 saturated carbocycles. The fourth-order valence-electron chi connectivity index (χ4n) is 2.76. The van der Waals surface area contributed by atoms with Crippen molar-refractivity contribution in [3.8, 4) is 0 Å². The summed E-state index contributed by atoms with van der Waals surface area (Å²) in [5.74, 6) is 1.50. The molecular weight excluding hydrogens is 216 g/mol. The van der Waals surface area contributed by atoms with Gasteiger partial charge >= 0.3 is 6.09 Å². The summed E-state index contributed by atoms with van der Waals surface area (Å²) in [5, 5.41) is 6.44. The molecule has 0 radical (unpaired) electrons. The number of carbonyl (C=O) groups is 1. The van der Waals surface area contributed by atoms with Gasteiger partial charge in [-0.2, -0.15) is 0 Å². The van der Waals surface area contributed by atoms with Gasteiger partial charge in [0.15, 0.2) is 0 Å². The fourth-order valence-corrected chi connectivity index (χ4v) is 2.76. The number of nitrogens with one attached hydrogen (secondary N) is 2. The van der Waals surface area contributed by atoms with E-state index >= 15 is 0 Å². The number of fused-ring (bicyclic) bond motifs is 2. The molecule has 0 spiro atoms. The summed E-state index contributed by atoms with van der Waals surface area (Å²) in [6, 6.07) is 1.08. The van der Waals surface area contributed by atoms with Crippen molar-refractivity contribution >= 4 is 6.09 Å². The molecule has 4 heteroatoms. The zero-order valence-electron chi connectivity index (χ0n) is 11.2. The Morgan fingerprint density at radius 1 is 1.41 bits per heavy atom. The van der Waals surface area contributed by atoms with Gasteiger partial charge in [0.05, 0.1) is 0 Å². The molecule has 3 rings (SSSR count). The van der Waals surface area contributed by atoms with Crippen LogP contribution in [0, 0.1) is 11.8 Å². The number of amides is 1. The van der Waals surface area contributed by atoms with Gasteiger partial charge in [-0.15, -0.1) is 0 Å². The van der Waals surface area contributed by atoms with Gasteiger partial charge in [0.2, 0.25) is 0 Å². The van der Waals surface area contributed by atoms with Crippen molar-refractivity contribution < 1.29 is 9.53 Å². The summed E-state index contributed by atoms with van der Waals surface area (Å²) >= 11 is 0. The largest absolute Gasteiger partial charge is 0.444 e. The fraction of sp³-hybridized carbons (Fsp3) is 0.923. The van der Waals surface area contributed by atoms with E-state index < -0.39 is 5.60 Å². The zero-order valence-corrected chi connectivity index (χ0v) is 11.2. The van der Waals surface area contributed by atoms with Gasteiger partial charge in [-0.25, -0.2) is 4.79 Å². The summed E-state index contributed by atoms with van der Waals surface area (Å²) in [7, 11) is 0. The second kappa shape index (κ2) is 4.48. The van der Waals surface area contributed by atoms with Crippen molar-refractivity contribution in [2.45, 2.75) is 58.2 Å². The molecule has 0 aromatic rings. The molecule has 0 aromatic heterocycles. The van der Waals surface area contributed by atoms with E-state index in [0.717, 1.165) is 5.92 Å². The Hall–Kier alpha value is -0.770. The first kappa shape index (κ1) is 12.7. The lowest BCUT2D eigenvalue weighted by atomic mass is 9.66. The number of alkyl carbamates (subject to hydrolysis) is 1. The topological polar surface area (TPSA) is 50.4 Å². The van der Waals surface area contributed by atoms with Crippen LogP contribution in [0.15, 0.2) is 0 Å². The van der Waals surface area contributed by atoms with Crippen molar-refractivity contribution in [1.29, 1.82) is 0 Å². The summed E-state index contributed by atoms with van der Waals surface area (Å²) in [6.07, 6.45) is 2.31. The molecule has 17 heavy (non-hydrogen) atoms. The SMILES string of the molecule is C[C@H]1C2CC(C2)NC1CNC(=O)OC(C)(C)C. The third kappa shape index (κ3) is 3.12. The predicted octanol–water partition coefficient (Wildman–Crippen LogP) is 1.90. The van der Waals surface area contributed by atoms with Crippen molar-refractivity contribution in [3.63, 3.8) is 0 Å². The maximum absolute atomic E-state index is 11.5. The number of ether oxygens (including phenoxy) is 1. The van der Waals surface area contributed by atoms with Gasteiger partial charge in [-0.05, 0) is 45.4 Å². The van der Waals surface area contributed by atoms with E-state index in [-0.39, 0.29) is 6.09 Å². The molecule has 1 amide bonds. The third-order valence-corrected chi connectivity index (χ3v) is 3.87. The molecule has 2 heterocycles. The predicted molar refractivity (Wildman–Crippen MR) is 66.8 cm³/mol. The first-order chi connectivity index (χ1) is 7.85. The Bertz CT molecular complexity index is 292. The van der Waals surface area contributed by atoms with E-state index in [4.69, 9.17) is 4.74 Å². The van der Waals surface area contributed by atoms with Gasteiger partial charge in [0.25, 0.3) is 0 Å². The maximum Gasteiger partial charge on any atom is 0.407 e. The molecular formula is C13H24N2O2. The molecule has 2 aliphatic heterocycles. The second-order valence-corrected chi connectivity index (χ2v) is 6.44. The van der Waals surface area contributed by atoms with Crippen LogP contribution in [0.3, 0.4) is 0 Å². The minimum Gasteiger partial charge on any atom is -0.444 e. The van der Waals surface area contributed by atoms with Gasteiger partial charge in [-0.3, -0.25) is 0 Å². The molecule has 3 fully saturated rings. The van der Waals surface area contributed by atoms with Crippen LogP contribution >= 0.6 is 0 Å². The quantitative estimate of drug-likeness (QED) is 0.775. The Morgan fingerprint density at radius 3 is 2.59 bits per heavy atom. The molecule has 2 N–H and O–H groups in total. The Balaban J connectivity index is 1.73. The summed E-state index contributed by atoms with van der Waals surface area (Å²) in [4.78, 5) is 11.5. The number of hydrogen-bond acceptors (Lipinski definition) is 3. The van der Waals surface area contributed by atoms with Crippen molar-refractivity contribution in [1.82, 2.24) is 10.6 Å². The van der Waals surface area contributed by atoms with E-state index in [2.05, 4.69) is 17.6 Å². The molecule has 1 unspecified atom stereocenters. The molecule has 4 nitrogen and oxygen atoms in total. The van der Waals surface area contributed by atoms with E-state index in [1.54, 1.807) is 0 Å². The Labute approximate surface area is 103 Å². The van der Waals surface area contributed by atoms with Crippen LogP contribution < -0.4 is 10.6 Å². The standard InChI is InChI=1S/C13H24N2O2/c1-8-9-5-10(6-9)15-11(8)7-14-12(16)17-13(2,3)4/h8-11,15H,5-7H2,1-4H3,(H,14,16)/t8-,9?,10?,11?/m0/s1. The average molecular weight is 240 g/mol. The lowest BCUT2D eigenvalue weighted by Gasteiger charge is -2.51. The molecule has 3 aliphatic rings. The minimum atomic E-state index is -0.419. The van der Waals surface area contributed by atoms with Crippen molar-refractivity contribution in [3.05, 3.63) is 0 Å². The summed E-state index contributed by atoms with van der Waals surface area (Å²) in [6.45, 7) is 8.58. The molecule has 1 aliphatic carbocycles. The zero-order chi connectivity index (χ0) is 12.6. The minimum absolute atomic E-state index is 0.314. The van der Waals surface area contributed by atoms with Gasteiger partial charge < -0.3 is 15.4 Å². The smallest absolute Gasteiger partial charge is 0.407 e. The number of hydrogen-bond donors (Lipinski definition) is 2. The van der Waals surface area contributed by atoms with Crippen molar-refractivity contribution in [2.24, 2.45) is 11.8 Å². The van der Waals surface area contributed by atoms with E-state index in [9.17, 15) is 4.79 Å². The van der Waals surface area contributed by atoms with Crippen LogP contribution in [-0.2, 0) is 4.74 Å². The molecule has 2 bridgehead atoms. The highest BCUT2D eigenvalue weighted by atomic mass is 16.6. The number of rotatable bonds is 2. The molecule has 2 atom stereocenters. The number of piperidine rings is 2. The third-order valence-electron chi connectivity index (χ3n) is 3.87. The maximum atomic E-state index is 11.5. The number of carbonyl (C=O) groups excluding carboxylic acids is 1. The first-order valence-corrected chi connectivity index (χ1v) is 6.58. The average Bonchev–Trinajstić information content (AvgIpc) is 2.11. The molecule has 2 saturated heterocycles. The van der Waals surface area contributed by atoms with Crippen LogP contribution in [-0.4, -0.2) is 30.3 Å². The highest BCUT2D eigenvalue weighted by Crippen LogP contribution is 2.40. The second-order valence-electron chi connectivity index (χ2n) is 6.44. The molecule has 98 valence electrons. The first-order valence-electron chi connectivity index (χ1n) is 6.58. The molecule has 0 aromatic carbocycles. The summed E-state index contributed by atoms with van der Waals surface area (Å²) < 4.78 is 5.22.